The Labute approximate surface area is 199 Å². The lowest BCUT2D eigenvalue weighted by atomic mass is 9.81. The van der Waals surface area contributed by atoms with Gasteiger partial charge in [0.1, 0.15) is 11.4 Å². The maximum absolute atomic E-state index is 12.7. The predicted molar refractivity (Wildman–Crippen MR) is 137 cm³/mol. The van der Waals surface area contributed by atoms with E-state index in [0.717, 1.165) is 41.8 Å². The van der Waals surface area contributed by atoms with Crippen LogP contribution >= 0.6 is 11.3 Å². The van der Waals surface area contributed by atoms with Crippen molar-refractivity contribution in [3.63, 3.8) is 0 Å². The van der Waals surface area contributed by atoms with Crippen LogP contribution in [0.15, 0.2) is 46.9 Å². The lowest BCUT2D eigenvalue weighted by Crippen LogP contribution is -2.44. The molecule has 6 nitrogen and oxygen atoms in total. The van der Waals surface area contributed by atoms with Gasteiger partial charge < -0.3 is 20.4 Å². The normalized spacial score (nSPS) is 19.6. The zero-order valence-electron chi connectivity index (χ0n) is 19.9. The van der Waals surface area contributed by atoms with Crippen LogP contribution in [-0.2, 0) is 4.74 Å². The fourth-order valence-electron chi connectivity index (χ4n) is 4.71. The quantitative estimate of drug-likeness (QED) is 0.330. The van der Waals surface area contributed by atoms with E-state index in [0.29, 0.717) is 18.3 Å². The number of ether oxygens (including phenoxy) is 1. The van der Waals surface area contributed by atoms with Crippen LogP contribution in [0.3, 0.4) is 0 Å². The summed E-state index contributed by atoms with van der Waals surface area (Å²) in [6.45, 7) is 8.45. The zero-order chi connectivity index (χ0) is 23.6. The van der Waals surface area contributed by atoms with Crippen LogP contribution in [0.25, 0.3) is 10.9 Å². The number of benzene rings is 1. The summed E-state index contributed by atoms with van der Waals surface area (Å²) in [5.74, 6) is 1.00. The first-order valence-electron chi connectivity index (χ1n) is 11.7. The van der Waals surface area contributed by atoms with Gasteiger partial charge in [-0.2, -0.15) is 0 Å². The van der Waals surface area contributed by atoms with Gasteiger partial charge in [-0.25, -0.2) is 9.79 Å². The maximum atomic E-state index is 12.7. The molecule has 0 bridgehead atoms. The summed E-state index contributed by atoms with van der Waals surface area (Å²) >= 11 is 1.59. The smallest absolute Gasteiger partial charge is 0.410 e. The molecule has 1 aromatic carbocycles. The van der Waals surface area contributed by atoms with Gasteiger partial charge in [-0.05, 0) is 94.5 Å². The van der Waals surface area contributed by atoms with E-state index < -0.39 is 5.60 Å². The molecule has 0 aliphatic heterocycles. The van der Waals surface area contributed by atoms with Gasteiger partial charge >= 0.3 is 6.09 Å². The maximum Gasteiger partial charge on any atom is 0.410 e. The zero-order valence-corrected chi connectivity index (χ0v) is 20.7. The van der Waals surface area contributed by atoms with Crippen LogP contribution in [0.1, 0.15) is 69.7 Å². The highest BCUT2D eigenvalue weighted by atomic mass is 32.1. The topological polar surface area (TPSA) is 83.7 Å². The van der Waals surface area contributed by atoms with Gasteiger partial charge in [0.05, 0.1) is 10.6 Å². The third kappa shape index (κ3) is 5.41. The SMILES string of the molecule is CCN(C(=O)OC(C)(C)C)C1CCC(c2c[nH]c3ccc(N=C(N)c4cccs4)cc23)CC1. The third-order valence-electron chi connectivity index (χ3n) is 6.27. The van der Waals surface area contributed by atoms with Gasteiger partial charge in [-0.15, -0.1) is 11.3 Å². The highest BCUT2D eigenvalue weighted by Crippen LogP contribution is 2.39. The fraction of sp³-hybridized carbons (Fsp3) is 0.462. The average molecular weight is 467 g/mol. The number of aromatic amines is 1. The van der Waals surface area contributed by atoms with E-state index >= 15 is 0 Å². The number of H-pyrrole nitrogens is 1. The van der Waals surface area contributed by atoms with Gasteiger partial charge in [0.2, 0.25) is 0 Å². The molecule has 176 valence electrons. The van der Waals surface area contributed by atoms with Crippen molar-refractivity contribution < 1.29 is 9.53 Å². The number of amides is 1. The van der Waals surface area contributed by atoms with Crippen molar-refractivity contribution in [2.75, 3.05) is 6.54 Å². The third-order valence-corrected chi connectivity index (χ3v) is 7.16. The Morgan fingerprint density at radius 1 is 1.24 bits per heavy atom. The number of carbonyl (C=O) groups is 1. The second kappa shape index (κ2) is 9.59. The van der Waals surface area contributed by atoms with E-state index in [2.05, 4.69) is 28.3 Å². The largest absolute Gasteiger partial charge is 0.444 e. The number of amidine groups is 1. The molecule has 0 radical (unpaired) electrons. The highest BCUT2D eigenvalue weighted by Gasteiger charge is 2.31. The van der Waals surface area contributed by atoms with Gasteiger partial charge in [0.15, 0.2) is 0 Å². The van der Waals surface area contributed by atoms with Gasteiger partial charge in [0.25, 0.3) is 0 Å². The molecule has 1 fully saturated rings. The summed E-state index contributed by atoms with van der Waals surface area (Å²) in [4.78, 5) is 23.6. The number of hydrogen-bond acceptors (Lipinski definition) is 4. The molecule has 1 aliphatic carbocycles. The number of rotatable bonds is 5. The average Bonchev–Trinajstić information content (AvgIpc) is 3.44. The van der Waals surface area contributed by atoms with E-state index in [1.807, 2.05) is 56.2 Å². The Morgan fingerprint density at radius 2 is 2.00 bits per heavy atom. The van der Waals surface area contributed by atoms with Crippen molar-refractivity contribution in [3.05, 3.63) is 52.3 Å². The van der Waals surface area contributed by atoms with Gasteiger partial charge in [-0.1, -0.05) is 6.07 Å². The molecular formula is C26H34N4O2S. The molecule has 0 atom stereocenters. The van der Waals surface area contributed by atoms with Gasteiger partial charge in [0, 0.05) is 29.7 Å². The molecule has 7 heteroatoms. The van der Waals surface area contributed by atoms with Crippen molar-refractivity contribution in [1.82, 2.24) is 9.88 Å². The molecular weight excluding hydrogens is 432 g/mol. The van der Waals surface area contributed by atoms with E-state index in [-0.39, 0.29) is 12.1 Å². The number of fused-ring (bicyclic) bond motifs is 1. The first-order valence-corrected chi connectivity index (χ1v) is 12.6. The Bertz CT molecular complexity index is 1120. The number of hydrogen-bond donors (Lipinski definition) is 2. The molecule has 3 N–H and O–H groups in total. The first-order chi connectivity index (χ1) is 15.7. The monoisotopic (exact) mass is 466 g/mol. The van der Waals surface area contributed by atoms with Gasteiger partial charge in [-0.3, -0.25) is 0 Å². The minimum absolute atomic E-state index is 0.202. The fourth-order valence-corrected chi connectivity index (χ4v) is 5.34. The molecule has 4 rings (SSSR count). The molecule has 2 heterocycles. The van der Waals surface area contributed by atoms with Crippen LogP contribution in [-0.4, -0.2) is 40.0 Å². The molecule has 0 unspecified atom stereocenters. The van der Waals surface area contributed by atoms with Crippen molar-refractivity contribution in [2.45, 2.75) is 70.9 Å². The van der Waals surface area contributed by atoms with Crippen molar-refractivity contribution in [3.8, 4) is 0 Å². The number of carbonyl (C=O) groups excluding carboxylic acids is 1. The lowest BCUT2D eigenvalue weighted by molar-refractivity contribution is 0.0129. The van der Waals surface area contributed by atoms with Crippen LogP contribution < -0.4 is 5.73 Å². The number of nitrogens with zero attached hydrogens (tertiary/aromatic N) is 2. The summed E-state index contributed by atoms with van der Waals surface area (Å²) in [5.41, 5.74) is 9.04. The summed E-state index contributed by atoms with van der Waals surface area (Å²) in [6.07, 6.45) is 5.98. The van der Waals surface area contributed by atoms with E-state index in [1.54, 1.807) is 11.3 Å². The Kier molecular flexibility index (Phi) is 6.79. The van der Waals surface area contributed by atoms with Crippen molar-refractivity contribution >= 4 is 39.9 Å². The second-order valence-electron chi connectivity index (χ2n) is 9.72. The number of thiophene rings is 1. The lowest BCUT2D eigenvalue weighted by Gasteiger charge is -2.37. The van der Waals surface area contributed by atoms with E-state index in [9.17, 15) is 4.79 Å². The van der Waals surface area contributed by atoms with Crippen LogP contribution in [0.5, 0.6) is 0 Å². The number of nitrogens with one attached hydrogen (secondary N) is 1. The van der Waals surface area contributed by atoms with E-state index in [1.165, 1.54) is 10.9 Å². The minimum Gasteiger partial charge on any atom is -0.444 e. The minimum atomic E-state index is -0.473. The number of aliphatic imine (C=N–C) groups is 1. The predicted octanol–water partition coefficient (Wildman–Crippen LogP) is 6.55. The summed E-state index contributed by atoms with van der Waals surface area (Å²) in [6, 6.07) is 10.4. The summed E-state index contributed by atoms with van der Waals surface area (Å²) < 4.78 is 5.63. The molecule has 33 heavy (non-hydrogen) atoms. The van der Waals surface area contributed by atoms with Crippen LogP contribution in [0, 0.1) is 0 Å². The Balaban J connectivity index is 1.48. The molecule has 0 spiro atoms. The van der Waals surface area contributed by atoms with Crippen molar-refractivity contribution in [1.29, 1.82) is 0 Å². The number of nitrogens with two attached hydrogens (primary N) is 1. The Morgan fingerprint density at radius 3 is 2.64 bits per heavy atom. The molecule has 1 aliphatic rings. The first kappa shape index (κ1) is 23.4. The molecule has 1 saturated carbocycles. The molecule has 2 aromatic heterocycles. The second-order valence-corrected chi connectivity index (χ2v) is 10.7. The number of aromatic nitrogens is 1. The van der Waals surface area contributed by atoms with Crippen LogP contribution in [0.2, 0.25) is 0 Å². The van der Waals surface area contributed by atoms with Crippen molar-refractivity contribution in [2.24, 2.45) is 10.7 Å². The highest BCUT2D eigenvalue weighted by molar-refractivity contribution is 7.12. The molecule has 1 amide bonds. The van der Waals surface area contributed by atoms with E-state index in [4.69, 9.17) is 10.5 Å². The molecule has 0 saturated heterocycles. The van der Waals surface area contributed by atoms with Crippen LogP contribution in [0.4, 0.5) is 10.5 Å². The summed E-state index contributed by atoms with van der Waals surface area (Å²) in [5, 5.41) is 3.21. The molecule has 3 aromatic rings. The summed E-state index contributed by atoms with van der Waals surface area (Å²) in [7, 11) is 0. The standard InChI is InChI=1S/C26H34N4O2S/c1-5-30(25(31)32-26(2,3)4)19-11-8-17(9-12-19)21-16-28-22-13-10-18(15-20(21)22)29-24(27)23-7-6-14-33-23/h6-7,10,13-17,19,28H,5,8-9,11-12H2,1-4H3,(H2,27,29). The Hall–Kier alpha value is -2.80.